The number of aromatic nitrogens is 6. The molecule has 4 heterocycles. The third-order valence-electron chi connectivity index (χ3n) is 8.50. The largest absolute Gasteiger partial charge is 1.00 e. The fourth-order valence-corrected chi connectivity index (χ4v) is 11.2. The van der Waals surface area contributed by atoms with Crippen molar-refractivity contribution in [3.63, 3.8) is 0 Å². The highest BCUT2D eigenvalue weighted by Crippen LogP contribution is 2.42. The number of aryl methyl sites for hydroxylation is 2. The van der Waals surface area contributed by atoms with E-state index in [1.165, 1.54) is 0 Å². The summed E-state index contributed by atoms with van der Waals surface area (Å²) >= 11 is 3.30. The van der Waals surface area contributed by atoms with Crippen molar-refractivity contribution in [2.24, 2.45) is 0 Å². The second-order valence-corrected chi connectivity index (χ2v) is 17.0. The molecule has 0 amide bonds. The van der Waals surface area contributed by atoms with Crippen LogP contribution < -0.4 is 45.4 Å². The van der Waals surface area contributed by atoms with Gasteiger partial charge in [0.05, 0.1) is 45.2 Å². The van der Waals surface area contributed by atoms with Gasteiger partial charge in [-0.05, 0) is 38.1 Å². The topological polar surface area (TPSA) is 164 Å². The first-order valence-electron chi connectivity index (χ1n) is 17.1. The van der Waals surface area contributed by atoms with Gasteiger partial charge in [-0.2, -0.15) is 9.13 Å². The molecule has 2 aromatic carbocycles. The lowest BCUT2D eigenvalue weighted by Gasteiger charge is -2.05. The number of esters is 2. The molecule has 0 aliphatic rings. The number of nitrogen functional groups attached to an aromatic ring is 2. The van der Waals surface area contributed by atoms with Crippen LogP contribution in [0.3, 0.4) is 0 Å². The first-order chi connectivity index (χ1) is 26.1. The van der Waals surface area contributed by atoms with Gasteiger partial charge in [-0.1, -0.05) is 59.1 Å². The molecule has 18 heteroatoms. The number of hydrogen-bond donors (Lipinski definition) is 2. The fraction of sp³-hybridized carbons (Fsp3) is 0.263. The molecule has 0 atom stereocenters. The van der Waals surface area contributed by atoms with E-state index in [0.29, 0.717) is 60.3 Å². The summed E-state index contributed by atoms with van der Waals surface area (Å²) < 4.78 is 17.8. The molecule has 0 saturated heterocycles. The van der Waals surface area contributed by atoms with Crippen molar-refractivity contribution >= 4 is 67.8 Å². The average molecular weight is 872 g/mol. The number of nitrogens with two attached hydrogens (primary N) is 2. The lowest BCUT2D eigenvalue weighted by atomic mass is 10.2. The maximum absolute atomic E-state index is 12.7. The first kappa shape index (κ1) is 44.4. The summed E-state index contributed by atoms with van der Waals surface area (Å²) in [5.41, 5.74) is 17.4. The predicted octanol–water partition coefficient (Wildman–Crippen LogP) is 0.0657. The van der Waals surface area contributed by atoms with Crippen molar-refractivity contribution in [3.8, 4) is 0 Å². The zero-order chi connectivity index (χ0) is 38.2. The van der Waals surface area contributed by atoms with Crippen LogP contribution in [-0.4, -0.2) is 45.1 Å². The molecule has 6 aromatic rings. The van der Waals surface area contributed by atoms with Crippen molar-refractivity contribution in [1.29, 1.82) is 0 Å². The van der Waals surface area contributed by atoms with Gasteiger partial charge in [-0.3, -0.25) is 0 Å². The van der Waals surface area contributed by atoms with Crippen LogP contribution in [0.1, 0.15) is 64.6 Å². The van der Waals surface area contributed by atoms with Crippen molar-refractivity contribution in [2.45, 2.75) is 62.3 Å². The number of hydrogen-bond acceptors (Lipinski definition) is 14. The predicted molar refractivity (Wildman–Crippen MR) is 212 cm³/mol. The maximum atomic E-state index is 12.7. The van der Waals surface area contributed by atoms with Crippen LogP contribution in [0.15, 0.2) is 81.7 Å². The Bertz CT molecular complexity index is 2120. The van der Waals surface area contributed by atoms with Crippen LogP contribution in [-0.2, 0) is 35.4 Å². The fourth-order valence-electron chi connectivity index (χ4n) is 5.47. The van der Waals surface area contributed by atoms with Crippen LogP contribution in [0.25, 0.3) is 0 Å². The number of nitrogens with zero attached hydrogens (tertiary/aromatic N) is 6. The van der Waals surface area contributed by atoms with Gasteiger partial charge in [-0.15, -0.1) is 0 Å². The molecule has 0 spiro atoms. The summed E-state index contributed by atoms with van der Waals surface area (Å²) in [7, 11) is 3.26. The highest BCUT2D eigenvalue weighted by atomic mass is 35.5. The van der Waals surface area contributed by atoms with Gasteiger partial charge >= 0.3 is 20.6 Å². The Kier molecular flexibility index (Phi) is 16.4. The molecule has 4 aromatic heterocycles. The summed E-state index contributed by atoms with van der Waals surface area (Å²) in [6.07, 6.45) is 4.64. The number of carbonyl (C=O) groups excluding carboxylic acids is 2. The van der Waals surface area contributed by atoms with E-state index in [0.717, 1.165) is 40.9 Å². The molecule has 0 aliphatic carbocycles. The molecular weight excluding hydrogens is 832 g/mol. The Morgan fingerprint density at radius 1 is 0.643 bits per heavy atom. The van der Waals surface area contributed by atoms with E-state index >= 15 is 0 Å². The standard InChI is InChI=1S/C38H40N8O4S4.2ClH/c1-23-31(15-17-49-35(47)27-11-7-5-8-12-27)51-37(45(23)21-29-19-41-25(3)43-33(29)39)53-54-38-46(22-30-20-42-26(4)44-34(30)40)24(2)32(52-38)16-18-50-36(48)28-13-9-6-10-14-28;;/h5-14,19-20H,15-18,21-22H2,1-4H3,(H2,39,41,43)(H2,40,42,44);2*1H/q+2;;/p-2. The van der Waals surface area contributed by atoms with E-state index in [1.54, 1.807) is 80.9 Å². The average Bonchev–Trinajstić information content (AvgIpc) is 3.63. The highest BCUT2D eigenvalue weighted by molar-refractivity contribution is 8.77. The van der Waals surface area contributed by atoms with E-state index in [1.807, 2.05) is 50.2 Å². The Labute approximate surface area is 353 Å². The van der Waals surface area contributed by atoms with Gasteiger partial charge in [0.2, 0.25) is 0 Å². The van der Waals surface area contributed by atoms with Crippen molar-refractivity contribution in [1.82, 2.24) is 19.9 Å². The number of anilines is 2. The third kappa shape index (κ3) is 11.2. The number of benzene rings is 2. The Morgan fingerprint density at radius 3 is 1.38 bits per heavy atom. The smallest absolute Gasteiger partial charge is 0.338 e. The minimum absolute atomic E-state index is 0. The minimum atomic E-state index is -0.352. The molecule has 0 fully saturated rings. The Balaban J connectivity index is 0.00000348. The van der Waals surface area contributed by atoms with E-state index in [-0.39, 0.29) is 50.0 Å². The normalized spacial score (nSPS) is 10.7. The molecule has 12 nitrogen and oxygen atoms in total. The van der Waals surface area contributed by atoms with Crippen LogP contribution in [0, 0.1) is 27.7 Å². The molecular formula is C38H40Cl2N8O4S4. The quantitative estimate of drug-likeness (QED) is 0.0813. The molecule has 0 saturated carbocycles. The van der Waals surface area contributed by atoms with Crippen LogP contribution in [0.2, 0.25) is 0 Å². The maximum Gasteiger partial charge on any atom is 0.338 e. The molecule has 56 heavy (non-hydrogen) atoms. The van der Waals surface area contributed by atoms with E-state index in [2.05, 4.69) is 42.9 Å². The molecule has 0 bridgehead atoms. The third-order valence-corrected chi connectivity index (χ3v) is 14.4. The molecule has 0 unspecified atom stereocenters. The van der Waals surface area contributed by atoms with Crippen LogP contribution in [0.5, 0.6) is 0 Å². The van der Waals surface area contributed by atoms with E-state index < -0.39 is 0 Å². The van der Waals surface area contributed by atoms with Crippen molar-refractivity contribution in [3.05, 3.63) is 128 Å². The van der Waals surface area contributed by atoms with E-state index in [4.69, 9.17) is 20.9 Å². The van der Waals surface area contributed by atoms with Gasteiger partial charge in [0.25, 0.3) is 0 Å². The second kappa shape index (κ2) is 20.7. The SMILES string of the molecule is Cc1ncc(C[n+]2c(SSc3sc(CCOC(=O)c4ccccc4)c(C)[n+]3Cc3cnc(C)nc3N)sc(CCOC(=O)c3ccccc3)c2C)c(N)n1.[Cl-].[Cl-]. The minimum Gasteiger partial charge on any atom is -1.00 e. The number of halogens is 2. The van der Waals surface area contributed by atoms with Crippen molar-refractivity contribution in [2.75, 3.05) is 24.7 Å². The molecule has 294 valence electrons. The Morgan fingerprint density at radius 2 is 1.02 bits per heavy atom. The number of rotatable bonds is 15. The molecule has 4 N–H and O–H groups in total. The monoisotopic (exact) mass is 870 g/mol. The Hall–Kier alpha value is -4.32. The van der Waals surface area contributed by atoms with E-state index in [9.17, 15) is 9.59 Å². The van der Waals surface area contributed by atoms with Crippen LogP contribution >= 0.6 is 44.3 Å². The van der Waals surface area contributed by atoms with Gasteiger partial charge in [0, 0.05) is 60.7 Å². The lowest BCUT2D eigenvalue weighted by Crippen LogP contribution is -3.00. The molecule has 0 radical (unpaired) electrons. The summed E-state index contributed by atoms with van der Waals surface area (Å²) in [5, 5.41) is 0. The van der Waals surface area contributed by atoms with Crippen molar-refractivity contribution < 1.29 is 53.0 Å². The van der Waals surface area contributed by atoms with Gasteiger partial charge in [0.15, 0.2) is 24.5 Å². The second-order valence-electron chi connectivity index (χ2n) is 12.3. The number of ether oxygens (including phenoxy) is 2. The first-order valence-corrected chi connectivity index (χ1v) is 20.8. The lowest BCUT2D eigenvalue weighted by molar-refractivity contribution is -0.724. The van der Waals surface area contributed by atoms with Gasteiger partial charge in [-0.25, -0.2) is 29.5 Å². The number of carbonyl (C=O) groups is 2. The summed E-state index contributed by atoms with van der Waals surface area (Å²) in [5.74, 6) is 1.38. The summed E-state index contributed by atoms with van der Waals surface area (Å²) in [6.45, 7) is 9.18. The number of thiazole rings is 2. The summed E-state index contributed by atoms with van der Waals surface area (Å²) in [4.78, 5) is 45.1. The van der Waals surface area contributed by atoms with Gasteiger partial charge < -0.3 is 45.8 Å². The molecule has 0 aliphatic heterocycles. The molecule has 6 rings (SSSR count). The highest BCUT2D eigenvalue weighted by Gasteiger charge is 2.30. The van der Waals surface area contributed by atoms with Gasteiger partial charge in [0.1, 0.15) is 23.3 Å². The van der Waals surface area contributed by atoms with Crippen LogP contribution in [0.4, 0.5) is 11.6 Å². The summed E-state index contributed by atoms with van der Waals surface area (Å²) in [6, 6.07) is 18.0. The zero-order valence-electron chi connectivity index (χ0n) is 31.0. The zero-order valence-corrected chi connectivity index (χ0v) is 35.8.